The molecule has 2 heterocycles. The Kier molecular flexibility index (Phi) is 5.46. The zero-order valence-corrected chi connectivity index (χ0v) is 15.5. The van der Waals surface area contributed by atoms with E-state index in [0.717, 1.165) is 23.2 Å². The van der Waals surface area contributed by atoms with Gasteiger partial charge in [-0.2, -0.15) is 5.10 Å². The van der Waals surface area contributed by atoms with Gasteiger partial charge in [-0.25, -0.2) is 0 Å². The number of hydrogen-bond donors (Lipinski definition) is 1. The van der Waals surface area contributed by atoms with Crippen LogP contribution in [0.2, 0.25) is 0 Å². The number of amides is 1. The van der Waals surface area contributed by atoms with Crippen LogP contribution in [0.4, 0.5) is 0 Å². The van der Waals surface area contributed by atoms with Gasteiger partial charge < -0.3 is 5.32 Å². The first-order chi connectivity index (χ1) is 12.5. The Bertz CT molecular complexity index is 897. The molecule has 3 rings (SSSR count). The zero-order chi connectivity index (χ0) is 18.5. The molecular weight excluding hydrogens is 324 g/mol. The predicted octanol–water partition coefficient (Wildman–Crippen LogP) is 3.35. The fourth-order valence-electron chi connectivity index (χ4n) is 2.76. The summed E-state index contributed by atoms with van der Waals surface area (Å²) in [6.45, 7) is 4.69. The molecule has 134 valence electrons. The van der Waals surface area contributed by atoms with Crippen molar-refractivity contribution in [3.63, 3.8) is 0 Å². The van der Waals surface area contributed by atoms with E-state index >= 15 is 0 Å². The van der Waals surface area contributed by atoms with E-state index in [-0.39, 0.29) is 5.91 Å². The van der Waals surface area contributed by atoms with Gasteiger partial charge in [-0.3, -0.25) is 14.5 Å². The van der Waals surface area contributed by atoms with E-state index in [1.807, 2.05) is 25.4 Å². The highest BCUT2D eigenvalue weighted by atomic mass is 16.1. The molecule has 0 saturated carbocycles. The van der Waals surface area contributed by atoms with E-state index in [1.165, 1.54) is 16.7 Å². The molecule has 0 fully saturated rings. The first kappa shape index (κ1) is 17.9. The van der Waals surface area contributed by atoms with E-state index in [2.05, 4.69) is 47.4 Å². The van der Waals surface area contributed by atoms with Crippen molar-refractivity contribution in [3.8, 4) is 11.3 Å². The highest BCUT2D eigenvalue weighted by Crippen LogP contribution is 2.15. The number of nitrogens with zero attached hydrogens (tertiary/aromatic N) is 3. The maximum absolute atomic E-state index is 12.1. The van der Waals surface area contributed by atoms with Crippen molar-refractivity contribution >= 4 is 5.91 Å². The summed E-state index contributed by atoms with van der Waals surface area (Å²) < 4.78 is 1.75. The average molecular weight is 348 g/mol. The number of hydrogen-bond acceptors (Lipinski definition) is 3. The minimum absolute atomic E-state index is 0.0552. The molecule has 0 bridgehead atoms. The lowest BCUT2D eigenvalue weighted by Gasteiger charge is -2.07. The van der Waals surface area contributed by atoms with Gasteiger partial charge >= 0.3 is 0 Å². The maximum Gasteiger partial charge on any atom is 0.220 e. The molecule has 0 unspecified atom stereocenters. The van der Waals surface area contributed by atoms with Gasteiger partial charge in [0, 0.05) is 38.0 Å². The normalized spacial score (nSPS) is 10.7. The number of benzene rings is 1. The molecule has 0 saturated heterocycles. The minimum atomic E-state index is 0.0552. The first-order valence-electron chi connectivity index (χ1n) is 8.78. The van der Waals surface area contributed by atoms with E-state index < -0.39 is 0 Å². The topological polar surface area (TPSA) is 59.8 Å². The van der Waals surface area contributed by atoms with Crippen molar-refractivity contribution in [1.29, 1.82) is 0 Å². The van der Waals surface area contributed by atoms with Crippen LogP contribution in [-0.4, -0.2) is 20.7 Å². The largest absolute Gasteiger partial charge is 0.352 e. The second kappa shape index (κ2) is 7.95. The van der Waals surface area contributed by atoms with Crippen LogP contribution < -0.4 is 5.32 Å². The Morgan fingerprint density at radius 1 is 1.08 bits per heavy atom. The molecule has 0 radical (unpaired) electrons. The summed E-state index contributed by atoms with van der Waals surface area (Å²) in [6.07, 6.45) is 6.76. The quantitative estimate of drug-likeness (QED) is 0.743. The predicted molar refractivity (Wildman–Crippen MR) is 103 cm³/mol. The first-order valence-corrected chi connectivity index (χ1v) is 8.78. The molecule has 1 amide bonds. The van der Waals surface area contributed by atoms with E-state index in [9.17, 15) is 4.79 Å². The fourth-order valence-corrected chi connectivity index (χ4v) is 2.76. The monoisotopic (exact) mass is 348 g/mol. The number of aromatic nitrogens is 3. The molecule has 0 aliphatic rings. The number of nitrogens with one attached hydrogen (secondary N) is 1. The van der Waals surface area contributed by atoms with Gasteiger partial charge in [-0.05, 0) is 48.6 Å². The Labute approximate surface area is 154 Å². The van der Waals surface area contributed by atoms with Crippen molar-refractivity contribution in [2.24, 2.45) is 7.05 Å². The van der Waals surface area contributed by atoms with Crippen molar-refractivity contribution < 1.29 is 4.79 Å². The zero-order valence-electron chi connectivity index (χ0n) is 15.5. The van der Waals surface area contributed by atoms with Crippen molar-refractivity contribution in [2.45, 2.75) is 33.2 Å². The van der Waals surface area contributed by atoms with E-state index in [1.54, 1.807) is 17.1 Å². The molecule has 5 nitrogen and oxygen atoms in total. The smallest absolute Gasteiger partial charge is 0.220 e. The van der Waals surface area contributed by atoms with Crippen LogP contribution in [-0.2, 0) is 24.8 Å². The number of carbonyl (C=O) groups excluding carboxylic acids is 1. The third-order valence-corrected chi connectivity index (χ3v) is 4.53. The molecule has 3 aromatic rings. The third kappa shape index (κ3) is 4.57. The number of rotatable bonds is 6. The molecule has 26 heavy (non-hydrogen) atoms. The molecule has 0 aliphatic heterocycles. The average Bonchev–Trinajstić information content (AvgIpc) is 3.08. The van der Waals surface area contributed by atoms with Crippen molar-refractivity contribution in [1.82, 2.24) is 20.1 Å². The van der Waals surface area contributed by atoms with Crippen LogP contribution in [0.5, 0.6) is 0 Å². The standard InChI is InChI=1S/C21H24N4O/c1-15-4-5-17(10-16(15)2)7-9-21(26)23-12-18-6-8-20(22-11-18)19-13-24-25(3)14-19/h4-6,8,10-11,13-14H,7,9,12H2,1-3H3,(H,23,26). The fraction of sp³-hybridized carbons (Fsp3) is 0.286. The van der Waals surface area contributed by atoms with Gasteiger partial charge in [0.1, 0.15) is 0 Å². The van der Waals surface area contributed by atoms with Crippen LogP contribution in [0.25, 0.3) is 11.3 Å². The van der Waals surface area contributed by atoms with Gasteiger partial charge in [0.15, 0.2) is 0 Å². The van der Waals surface area contributed by atoms with E-state index in [4.69, 9.17) is 0 Å². The SMILES string of the molecule is Cc1ccc(CCC(=O)NCc2ccc(-c3cnn(C)c3)nc2)cc1C. The second-order valence-electron chi connectivity index (χ2n) is 6.65. The van der Waals surface area contributed by atoms with Crippen LogP contribution in [0, 0.1) is 13.8 Å². The second-order valence-corrected chi connectivity index (χ2v) is 6.65. The summed E-state index contributed by atoms with van der Waals surface area (Å²) in [5.41, 5.74) is 6.59. The van der Waals surface area contributed by atoms with Gasteiger partial charge in [0.25, 0.3) is 0 Å². The van der Waals surface area contributed by atoms with Gasteiger partial charge in [0.05, 0.1) is 11.9 Å². The third-order valence-electron chi connectivity index (χ3n) is 4.53. The van der Waals surface area contributed by atoms with Crippen LogP contribution in [0.3, 0.4) is 0 Å². The number of pyridine rings is 1. The summed E-state index contributed by atoms with van der Waals surface area (Å²) in [7, 11) is 1.88. The van der Waals surface area contributed by atoms with Crippen LogP contribution in [0.1, 0.15) is 28.7 Å². The number of aryl methyl sites for hydroxylation is 4. The summed E-state index contributed by atoms with van der Waals surface area (Å²) in [5.74, 6) is 0.0552. The Hall–Kier alpha value is -2.95. The number of carbonyl (C=O) groups is 1. The van der Waals surface area contributed by atoms with Crippen molar-refractivity contribution in [2.75, 3.05) is 0 Å². The van der Waals surface area contributed by atoms with Gasteiger partial charge in [0.2, 0.25) is 5.91 Å². The lowest BCUT2D eigenvalue weighted by molar-refractivity contribution is -0.121. The lowest BCUT2D eigenvalue weighted by Crippen LogP contribution is -2.23. The Morgan fingerprint density at radius 2 is 1.88 bits per heavy atom. The molecule has 1 aromatic carbocycles. The van der Waals surface area contributed by atoms with Crippen LogP contribution >= 0.6 is 0 Å². The summed E-state index contributed by atoms with van der Waals surface area (Å²) in [4.78, 5) is 16.5. The van der Waals surface area contributed by atoms with E-state index in [0.29, 0.717) is 13.0 Å². The van der Waals surface area contributed by atoms with Crippen LogP contribution in [0.15, 0.2) is 48.9 Å². The molecule has 0 spiro atoms. The molecule has 2 aromatic heterocycles. The highest BCUT2D eigenvalue weighted by Gasteiger charge is 2.05. The summed E-state index contributed by atoms with van der Waals surface area (Å²) in [6, 6.07) is 10.3. The molecule has 5 heteroatoms. The minimum Gasteiger partial charge on any atom is -0.352 e. The molecule has 1 N–H and O–H groups in total. The maximum atomic E-state index is 12.1. The molecular formula is C21H24N4O. The van der Waals surface area contributed by atoms with Gasteiger partial charge in [-0.1, -0.05) is 24.3 Å². The lowest BCUT2D eigenvalue weighted by atomic mass is 10.0. The Morgan fingerprint density at radius 3 is 2.54 bits per heavy atom. The Balaban J connectivity index is 1.48. The highest BCUT2D eigenvalue weighted by molar-refractivity contribution is 5.76. The summed E-state index contributed by atoms with van der Waals surface area (Å²) in [5, 5.41) is 7.11. The molecule has 0 atom stereocenters. The van der Waals surface area contributed by atoms with Gasteiger partial charge in [-0.15, -0.1) is 0 Å². The summed E-state index contributed by atoms with van der Waals surface area (Å²) >= 11 is 0. The van der Waals surface area contributed by atoms with Crippen molar-refractivity contribution in [3.05, 3.63) is 71.2 Å². The molecule has 0 aliphatic carbocycles.